The summed E-state index contributed by atoms with van der Waals surface area (Å²) in [7, 11) is 0. The molecule has 16 saturated carbocycles. The average Bonchev–Trinajstić information content (AvgIpc) is 3.67. The minimum Gasteiger partial charge on any atom is -0.378 e. The van der Waals surface area contributed by atoms with Crippen LogP contribution in [0, 0.1) is 99.6 Å². The van der Waals surface area contributed by atoms with Gasteiger partial charge in [-0.1, -0.05) is 104 Å². The lowest BCUT2D eigenvalue weighted by molar-refractivity contribution is -0.226. The number of unbranched alkanes of at least 4 members (excludes halogenated alkanes) is 10. The standard InChI is InChI=1S/C77H130N2O2/c1-4-6-8-10-12-17-37-80-64-29-25-62(26-30-64)78(60-19-15-14-16-20-60)72-45-70(76-47-54-39-55(48-76)41-56(40-54)49-76)66-34-36-69-73(46-71(67-33-35-68(72)74(66)75(67)69)77-50-57-42-58(51-77)44-59(43-57)52-77)79(61-23-21-53(3)22-24-61)63-27-31-65(32-28-63)81-38-18-13-11-9-7-5-2/h53-75H,4-52H2,1-3H3. The molecule has 0 aromatic carbocycles. The molecule has 0 radical (unpaired) electrons. The van der Waals surface area contributed by atoms with Crippen molar-refractivity contribution in [2.45, 2.75) is 371 Å². The summed E-state index contributed by atoms with van der Waals surface area (Å²) in [5, 5.41) is 0. The predicted octanol–water partition coefficient (Wildman–Crippen LogP) is 20.4. The Bertz CT molecular complexity index is 1880. The van der Waals surface area contributed by atoms with Crippen molar-refractivity contribution in [3.63, 3.8) is 0 Å². The van der Waals surface area contributed by atoms with Crippen LogP contribution in [0.5, 0.6) is 0 Å². The Balaban J connectivity index is 0.798. The van der Waals surface area contributed by atoms with Crippen molar-refractivity contribution in [2.24, 2.45) is 99.6 Å². The monoisotopic (exact) mass is 1120 g/mol. The summed E-state index contributed by atoms with van der Waals surface area (Å²) in [6.07, 6.45) is 71.6. The van der Waals surface area contributed by atoms with E-state index in [4.69, 9.17) is 9.47 Å². The van der Waals surface area contributed by atoms with Gasteiger partial charge in [-0.15, -0.1) is 0 Å². The van der Waals surface area contributed by atoms with Crippen LogP contribution in [0.4, 0.5) is 0 Å². The maximum atomic E-state index is 6.88. The predicted molar refractivity (Wildman–Crippen MR) is 337 cm³/mol. The highest BCUT2D eigenvalue weighted by Crippen LogP contribution is 2.74. The van der Waals surface area contributed by atoms with E-state index in [0.717, 1.165) is 138 Å². The number of hydrogen-bond acceptors (Lipinski definition) is 4. The Morgan fingerprint density at radius 1 is 0.333 bits per heavy atom. The molecule has 16 rings (SSSR count). The molecule has 0 aromatic rings. The number of ether oxygens (including phenoxy) is 2. The molecule has 0 aromatic heterocycles. The quantitative estimate of drug-likeness (QED) is 0.0900. The van der Waals surface area contributed by atoms with Gasteiger partial charge < -0.3 is 9.47 Å². The second-order valence-corrected chi connectivity index (χ2v) is 34.6. The SMILES string of the molecule is CCCCCCCCOC1CCC(N(C2CCCCC2)C2CC(C34CC5CC(CC(C5)C3)C4)C3CCC4C5C(CCC2C35)C(C23CC5CC(CC(C5)C2)C3)CC4N(C2CCC(C)CC2)C2CCC(OCCCCCCCC)CC2)CC1. The summed E-state index contributed by atoms with van der Waals surface area (Å²) in [5.74, 6) is 15.4. The lowest BCUT2D eigenvalue weighted by Crippen LogP contribution is -2.69. The van der Waals surface area contributed by atoms with Crippen molar-refractivity contribution in [1.82, 2.24) is 9.80 Å². The molecule has 4 heteroatoms. The van der Waals surface area contributed by atoms with Gasteiger partial charge in [0.2, 0.25) is 0 Å². The molecule has 81 heavy (non-hydrogen) atoms. The summed E-state index contributed by atoms with van der Waals surface area (Å²) in [6, 6.07) is 5.02. The Morgan fingerprint density at radius 2 is 0.667 bits per heavy atom. The molecule has 0 N–H and O–H groups in total. The minimum atomic E-state index is 0.524. The molecule has 0 amide bonds. The zero-order valence-corrected chi connectivity index (χ0v) is 53.6. The van der Waals surface area contributed by atoms with Gasteiger partial charge in [0.1, 0.15) is 0 Å². The maximum Gasteiger partial charge on any atom is 0.0576 e. The first-order chi connectivity index (χ1) is 39.8. The normalized spacial score (nSPS) is 48.3. The number of nitrogens with zero attached hydrogens (tertiary/aromatic N) is 2. The van der Waals surface area contributed by atoms with Crippen LogP contribution in [0.1, 0.15) is 323 Å². The van der Waals surface area contributed by atoms with Gasteiger partial charge in [-0.3, -0.25) is 9.80 Å². The highest BCUT2D eigenvalue weighted by Gasteiger charge is 2.68. The molecule has 0 saturated heterocycles. The summed E-state index contributed by atoms with van der Waals surface area (Å²) in [5.41, 5.74) is 1.35. The molecular weight excluding hydrogens is 985 g/mol. The molecule has 4 nitrogen and oxygen atoms in total. The van der Waals surface area contributed by atoms with Crippen molar-refractivity contribution >= 4 is 0 Å². The third-order valence-electron chi connectivity index (χ3n) is 29.8. The van der Waals surface area contributed by atoms with Crippen LogP contribution in [-0.4, -0.2) is 71.5 Å². The number of rotatable bonds is 24. The van der Waals surface area contributed by atoms with Crippen molar-refractivity contribution in [3.8, 4) is 0 Å². The van der Waals surface area contributed by atoms with Crippen LogP contribution in [0.25, 0.3) is 0 Å². The van der Waals surface area contributed by atoms with Gasteiger partial charge in [-0.25, -0.2) is 0 Å². The second-order valence-electron chi connectivity index (χ2n) is 34.6. The van der Waals surface area contributed by atoms with E-state index >= 15 is 0 Å². The average molecular weight is 1120 g/mol. The molecule has 0 heterocycles. The Hall–Kier alpha value is -0.160. The van der Waals surface area contributed by atoms with Crippen molar-refractivity contribution in [3.05, 3.63) is 0 Å². The van der Waals surface area contributed by atoms with Crippen LogP contribution in [0.3, 0.4) is 0 Å². The Morgan fingerprint density at radius 3 is 1.05 bits per heavy atom. The first-order valence-corrected chi connectivity index (χ1v) is 38.6. The van der Waals surface area contributed by atoms with Crippen LogP contribution < -0.4 is 0 Å². The second kappa shape index (κ2) is 26.1. The lowest BCUT2D eigenvalue weighted by Gasteiger charge is -2.72. The molecule has 16 fully saturated rings. The first-order valence-electron chi connectivity index (χ1n) is 38.6. The molecule has 0 aliphatic heterocycles. The van der Waals surface area contributed by atoms with E-state index in [-0.39, 0.29) is 0 Å². The minimum absolute atomic E-state index is 0.524. The van der Waals surface area contributed by atoms with Crippen LogP contribution >= 0.6 is 0 Å². The van der Waals surface area contributed by atoms with Gasteiger partial charge in [-0.2, -0.15) is 0 Å². The summed E-state index contributed by atoms with van der Waals surface area (Å²) >= 11 is 0. The largest absolute Gasteiger partial charge is 0.378 e. The fourth-order valence-electron chi connectivity index (χ4n) is 27.6. The van der Waals surface area contributed by atoms with Crippen molar-refractivity contribution < 1.29 is 9.47 Å². The Kier molecular flexibility index (Phi) is 18.9. The molecule has 16 aliphatic rings. The van der Waals surface area contributed by atoms with E-state index in [1.807, 2.05) is 0 Å². The third kappa shape index (κ3) is 12.1. The van der Waals surface area contributed by atoms with Gasteiger partial charge in [0.15, 0.2) is 0 Å². The summed E-state index contributed by atoms with van der Waals surface area (Å²) in [6.45, 7) is 9.37. The topological polar surface area (TPSA) is 24.9 Å². The van der Waals surface area contributed by atoms with Crippen molar-refractivity contribution in [2.75, 3.05) is 13.2 Å². The van der Waals surface area contributed by atoms with E-state index in [1.54, 1.807) is 116 Å². The molecule has 10 unspecified atom stereocenters. The van der Waals surface area contributed by atoms with E-state index in [1.165, 1.54) is 186 Å². The molecule has 16 aliphatic carbocycles. The molecular formula is C77H130N2O2. The fourth-order valence-corrected chi connectivity index (χ4v) is 27.6. The van der Waals surface area contributed by atoms with E-state index < -0.39 is 0 Å². The third-order valence-corrected chi connectivity index (χ3v) is 29.8. The number of hydrogen-bond donors (Lipinski definition) is 0. The van der Waals surface area contributed by atoms with Crippen LogP contribution in [-0.2, 0) is 9.47 Å². The van der Waals surface area contributed by atoms with Crippen molar-refractivity contribution in [1.29, 1.82) is 0 Å². The highest BCUT2D eigenvalue weighted by atomic mass is 16.5. The van der Waals surface area contributed by atoms with Crippen LogP contribution in [0.15, 0.2) is 0 Å². The summed E-state index contributed by atoms with van der Waals surface area (Å²) < 4.78 is 13.8. The Labute approximate surface area is 500 Å². The maximum absolute atomic E-state index is 6.88. The first kappa shape index (κ1) is 58.5. The van der Waals surface area contributed by atoms with Gasteiger partial charge in [0.25, 0.3) is 0 Å². The van der Waals surface area contributed by atoms with E-state index in [2.05, 4.69) is 30.6 Å². The van der Waals surface area contributed by atoms with E-state index in [0.29, 0.717) is 23.0 Å². The molecule has 460 valence electrons. The van der Waals surface area contributed by atoms with Gasteiger partial charge in [0.05, 0.1) is 12.2 Å². The van der Waals surface area contributed by atoms with Gasteiger partial charge in [-0.05, 0) is 318 Å². The highest BCUT2D eigenvalue weighted by molar-refractivity contribution is 5.19. The lowest BCUT2D eigenvalue weighted by atomic mass is 9.35. The summed E-state index contributed by atoms with van der Waals surface area (Å²) in [4.78, 5) is 7.15. The fraction of sp³-hybridized carbons (Fsp3) is 1.00. The van der Waals surface area contributed by atoms with E-state index in [9.17, 15) is 0 Å². The molecule has 8 bridgehead atoms. The van der Waals surface area contributed by atoms with Crippen LogP contribution in [0.2, 0.25) is 0 Å². The zero-order valence-electron chi connectivity index (χ0n) is 53.6. The smallest absolute Gasteiger partial charge is 0.0576 e. The molecule has 0 spiro atoms. The van der Waals surface area contributed by atoms with Gasteiger partial charge in [0, 0.05) is 49.5 Å². The molecule has 10 atom stereocenters. The van der Waals surface area contributed by atoms with Gasteiger partial charge >= 0.3 is 0 Å². The zero-order chi connectivity index (χ0) is 54.5.